The van der Waals surface area contributed by atoms with Crippen molar-refractivity contribution in [1.29, 1.82) is 0 Å². The lowest BCUT2D eigenvalue weighted by Gasteiger charge is -2.38. The van der Waals surface area contributed by atoms with E-state index < -0.39 is 5.63 Å². The van der Waals surface area contributed by atoms with E-state index in [0.29, 0.717) is 16.8 Å². The number of amides is 2. The number of hydrogen-bond donors (Lipinski definition) is 0. The van der Waals surface area contributed by atoms with Gasteiger partial charge in [-0.1, -0.05) is 12.2 Å². The largest absolute Gasteiger partial charge is 0.423 e. The SMILES string of the molecule is COCc1cc(=O)oc2cc(N3C(=O)C4C5C=CC(CC5)C4C3=O)ccc12. The fraction of sp³-hybridized carbons (Fsp3) is 0.381. The average molecular weight is 365 g/mol. The number of methoxy groups -OCH3 is 1. The molecule has 6 rings (SSSR count). The molecule has 3 aliphatic carbocycles. The first-order chi connectivity index (χ1) is 13.1. The lowest BCUT2D eigenvalue weighted by molar-refractivity contribution is -0.124. The zero-order chi connectivity index (χ0) is 18.7. The number of fused-ring (bicyclic) bond motifs is 2. The normalized spacial score (nSPS) is 29.0. The van der Waals surface area contributed by atoms with E-state index in [1.807, 2.05) is 0 Å². The third-order valence-corrected chi connectivity index (χ3v) is 6.13. The summed E-state index contributed by atoms with van der Waals surface area (Å²) in [7, 11) is 1.56. The van der Waals surface area contributed by atoms with Crippen LogP contribution in [0, 0.1) is 23.7 Å². The minimum Gasteiger partial charge on any atom is -0.423 e. The van der Waals surface area contributed by atoms with Crippen molar-refractivity contribution in [3.8, 4) is 0 Å². The Kier molecular flexibility index (Phi) is 3.59. The summed E-state index contributed by atoms with van der Waals surface area (Å²) in [5, 5.41) is 0.735. The lowest BCUT2D eigenvalue weighted by Crippen LogP contribution is -2.38. The molecule has 1 aromatic carbocycles. The van der Waals surface area contributed by atoms with Crippen LogP contribution in [0.3, 0.4) is 0 Å². The quantitative estimate of drug-likeness (QED) is 0.475. The molecule has 2 heterocycles. The van der Waals surface area contributed by atoms with Crippen molar-refractivity contribution in [2.75, 3.05) is 12.0 Å². The van der Waals surface area contributed by atoms with E-state index in [0.717, 1.165) is 18.2 Å². The maximum Gasteiger partial charge on any atom is 0.336 e. The number of benzene rings is 1. The van der Waals surface area contributed by atoms with Crippen LogP contribution in [0.1, 0.15) is 18.4 Å². The van der Waals surface area contributed by atoms with Gasteiger partial charge < -0.3 is 9.15 Å². The van der Waals surface area contributed by atoms with Gasteiger partial charge in [0.25, 0.3) is 0 Å². The summed E-state index contributed by atoms with van der Waals surface area (Å²) in [4.78, 5) is 39.3. The molecule has 4 unspecified atom stereocenters. The molecule has 0 spiro atoms. The molecule has 27 heavy (non-hydrogen) atoms. The van der Waals surface area contributed by atoms with E-state index in [4.69, 9.17) is 9.15 Å². The minimum atomic E-state index is -0.485. The van der Waals surface area contributed by atoms with Gasteiger partial charge in [-0.15, -0.1) is 0 Å². The van der Waals surface area contributed by atoms with Gasteiger partial charge in [-0.2, -0.15) is 0 Å². The molecular weight excluding hydrogens is 346 g/mol. The molecule has 2 aromatic rings. The van der Waals surface area contributed by atoms with E-state index in [1.165, 1.54) is 11.0 Å². The zero-order valence-corrected chi connectivity index (χ0v) is 14.9. The number of ether oxygens (including phenoxy) is 1. The van der Waals surface area contributed by atoms with Gasteiger partial charge in [0.15, 0.2) is 0 Å². The second kappa shape index (κ2) is 5.89. The maximum absolute atomic E-state index is 13.1. The van der Waals surface area contributed by atoms with Crippen molar-refractivity contribution in [2.45, 2.75) is 19.4 Å². The highest BCUT2D eigenvalue weighted by Gasteiger charge is 2.56. The van der Waals surface area contributed by atoms with Gasteiger partial charge in [-0.25, -0.2) is 9.69 Å². The average Bonchev–Trinajstić information content (AvgIpc) is 2.95. The van der Waals surface area contributed by atoms with E-state index in [-0.39, 0.29) is 42.1 Å². The zero-order valence-electron chi connectivity index (χ0n) is 14.9. The van der Waals surface area contributed by atoms with Crippen LogP contribution in [0.25, 0.3) is 11.0 Å². The van der Waals surface area contributed by atoms with Crippen molar-refractivity contribution in [2.24, 2.45) is 23.7 Å². The summed E-state index contributed by atoms with van der Waals surface area (Å²) >= 11 is 0. The molecule has 4 atom stereocenters. The van der Waals surface area contributed by atoms with Crippen LogP contribution >= 0.6 is 0 Å². The number of carbonyl (C=O) groups is 2. The molecule has 0 N–H and O–H groups in total. The Morgan fingerprint density at radius 2 is 1.70 bits per heavy atom. The monoisotopic (exact) mass is 365 g/mol. The highest BCUT2D eigenvalue weighted by molar-refractivity contribution is 6.23. The van der Waals surface area contributed by atoms with Crippen molar-refractivity contribution in [3.05, 3.63) is 52.4 Å². The van der Waals surface area contributed by atoms with Crippen LogP contribution in [0.4, 0.5) is 5.69 Å². The number of nitrogens with zero attached hydrogens (tertiary/aromatic N) is 1. The number of imide groups is 1. The van der Waals surface area contributed by atoms with Gasteiger partial charge in [-0.05, 0) is 42.4 Å². The summed E-state index contributed by atoms with van der Waals surface area (Å²) in [5.74, 6) is -0.508. The van der Waals surface area contributed by atoms with E-state index in [9.17, 15) is 14.4 Å². The van der Waals surface area contributed by atoms with Gasteiger partial charge >= 0.3 is 5.63 Å². The molecule has 2 bridgehead atoms. The first-order valence-corrected chi connectivity index (χ1v) is 9.20. The number of hydrogen-bond acceptors (Lipinski definition) is 5. The molecule has 1 saturated carbocycles. The van der Waals surface area contributed by atoms with Crippen molar-refractivity contribution < 1.29 is 18.7 Å². The number of rotatable bonds is 3. The summed E-state index contributed by atoms with van der Waals surface area (Å²) < 4.78 is 10.5. The van der Waals surface area contributed by atoms with Gasteiger partial charge in [0, 0.05) is 24.6 Å². The third-order valence-electron chi connectivity index (χ3n) is 6.13. The van der Waals surface area contributed by atoms with Crippen LogP contribution < -0.4 is 10.5 Å². The molecule has 0 radical (unpaired) electrons. The van der Waals surface area contributed by atoms with Gasteiger partial charge in [0.05, 0.1) is 24.1 Å². The summed E-state index contributed by atoms with van der Waals surface area (Å²) in [6.45, 7) is 0.280. The molecule has 2 fully saturated rings. The molecule has 4 aliphatic rings. The fourth-order valence-corrected chi connectivity index (χ4v) is 4.96. The van der Waals surface area contributed by atoms with Crippen LogP contribution in [0.2, 0.25) is 0 Å². The van der Waals surface area contributed by atoms with Crippen molar-refractivity contribution in [3.63, 3.8) is 0 Å². The first-order valence-electron chi connectivity index (χ1n) is 9.20. The second-order valence-corrected chi connectivity index (χ2v) is 7.56. The highest BCUT2D eigenvalue weighted by Crippen LogP contribution is 2.50. The van der Waals surface area contributed by atoms with Crippen LogP contribution in [-0.4, -0.2) is 18.9 Å². The van der Waals surface area contributed by atoms with E-state index >= 15 is 0 Å². The van der Waals surface area contributed by atoms with Gasteiger partial charge in [0.1, 0.15) is 5.58 Å². The molecular formula is C21H19NO5. The van der Waals surface area contributed by atoms with Crippen LogP contribution in [0.5, 0.6) is 0 Å². The molecule has 2 amide bonds. The Morgan fingerprint density at radius 1 is 1.04 bits per heavy atom. The standard InChI is InChI=1S/C21H19NO5/c1-26-10-13-8-17(23)27-16-9-14(6-7-15(13)16)22-20(24)18-11-2-3-12(5-4-11)19(18)21(22)25/h2-3,6-9,11-12,18-19H,4-5,10H2,1H3. The Balaban J connectivity index is 1.59. The topological polar surface area (TPSA) is 76.8 Å². The second-order valence-electron chi connectivity index (χ2n) is 7.56. The maximum atomic E-state index is 13.1. The predicted octanol–water partition coefficient (Wildman–Crippen LogP) is 2.64. The molecule has 6 nitrogen and oxygen atoms in total. The smallest absolute Gasteiger partial charge is 0.336 e. The van der Waals surface area contributed by atoms with E-state index in [2.05, 4.69) is 12.2 Å². The van der Waals surface area contributed by atoms with Crippen molar-refractivity contribution in [1.82, 2.24) is 0 Å². The third kappa shape index (κ3) is 2.33. The Hall–Kier alpha value is -2.73. The van der Waals surface area contributed by atoms with Gasteiger partial charge in [0.2, 0.25) is 11.8 Å². The van der Waals surface area contributed by atoms with Crippen LogP contribution in [-0.2, 0) is 20.9 Å². The number of carbonyl (C=O) groups excluding carboxylic acids is 2. The summed E-state index contributed by atoms with van der Waals surface area (Å²) in [6, 6.07) is 6.52. The summed E-state index contributed by atoms with van der Waals surface area (Å²) in [6.07, 6.45) is 6.12. The Morgan fingerprint density at radius 3 is 2.30 bits per heavy atom. The number of allylic oxidation sites excluding steroid dienone is 2. The predicted molar refractivity (Wildman–Crippen MR) is 98.0 cm³/mol. The first kappa shape index (κ1) is 16.4. The minimum absolute atomic E-state index is 0.140. The van der Waals surface area contributed by atoms with Gasteiger partial charge in [-0.3, -0.25) is 9.59 Å². The van der Waals surface area contributed by atoms with E-state index in [1.54, 1.807) is 25.3 Å². The van der Waals surface area contributed by atoms with Crippen molar-refractivity contribution >= 4 is 28.5 Å². The fourth-order valence-electron chi connectivity index (χ4n) is 4.96. The molecule has 1 aliphatic heterocycles. The Labute approximate surface area is 155 Å². The lowest BCUT2D eigenvalue weighted by atomic mass is 9.63. The number of anilines is 1. The molecule has 1 aromatic heterocycles. The Bertz CT molecular complexity index is 1020. The molecule has 1 saturated heterocycles. The molecule has 6 heteroatoms. The summed E-state index contributed by atoms with van der Waals surface area (Å²) in [5.41, 5.74) is 1.04. The van der Waals surface area contributed by atoms with Crippen LogP contribution in [0.15, 0.2) is 45.6 Å². The highest BCUT2D eigenvalue weighted by atomic mass is 16.5. The molecule has 138 valence electrons.